The Labute approximate surface area is 159 Å². The van der Waals surface area contributed by atoms with Gasteiger partial charge < -0.3 is 9.80 Å². The van der Waals surface area contributed by atoms with Crippen molar-refractivity contribution in [2.24, 2.45) is 4.99 Å². The minimum Gasteiger partial charge on any atom is -0.372 e. The lowest BCUT2D eigenvalue weighted by atomic mass is 10.1. The van der Waals surface area contributed by atoms with E-state index in [2.05, 4.69) is 35.9 Å². The molecular weight excluding hydrogens is 370 g/mol. The van der Waals surface area contributed by atoms with Crippen LogP contribution in [0.4, 0.5) is 11.4 Å². The van der Waals surface area contributed by atoms with E-state index in [1.54, 1.807) is 0 Å². The standard InChI is InChI=1S/C18H25N3O3S2/c1-5-20(6-2)14-7-8-15(12(3)9-14)21-16-10-26(23,24)11-17(16)25-18(21)19-13(4)22/h7-9,16-17H,5-6,10-11H2,1-4H3/t16-,17+/m1/s1. The first-order chi connectivity index (χ1) is 12.3. The average Bonchev–Trinajstić information content (AvgIpc) is 2.99. The third-order valence-electron chi connectivity index (χ3n) is 4.89. The van der Waals surface area contributed by atoms with Gasteiger partial charge in [0.1, 0.15) is 0 Å². The minimum atomic E-state index is -3.05. The van der Waals surface area contributed by atoms with Crippen molar-refractivity contribution < 1.29 is 13.2 Å². The lowest BCUT2D eigenvalue weighted by Gasteiger charge is -2.28. The number of sulfone groups is 1. The molecule has 2 aliphatic rings. The molecule has 2 saturated heterocycles. The van der Waals surface area contributed by atoms with Gasteiger partial charge in [-0.3, -0.25) is 4.79 Å². The van der Waals surface area contributed by atoms with Gasteiger partial charge in [-0.25, -0.2) is 8.42 Å². The van der Waals surface area contributed by atoms with Gasteiger partial charge in [0.05, 0.1) is 17.5 Å². The van der Waals surface area contributed by atoms with Gasteiger partial charge in [0, 0.05) is 36.6 Å². The van der Waals surface area contributed by atoms with Crippen molar-refractivity contribution in [3.8, 4) is 0 Å². The van der Waals surface area contributed by atoms with E-state index in [-0.39, 0.29) is 28.7 Å². The van der Waals surface area contributed by atoms with Crippen LogP contribution < -0.4 is 9.80 Å². The maximum atomic E-state index is 12.1. The molecule has 8 heteroatoms. The number of rotatable bonds is 4. The molecule has 0 unspecified atom stereocenters. The van der Waals surface area contributed by atoms with Crippen LogP contribution in [0.5, 0.6) is 0 Å². The number of fused-ring (bicyclic) bond motifs is 1. The second kappa shape index (κ2) is 7.23. The van der Waals surface area contributed by atoms with Crippen molar-refractivity contribution in [1.82, 2.24) is 0 Å². The Balaban J connectivity index is 2.02. The van der Waals surface area contributed by atoms with Crippen LogP contribution in [0.25, 0.3) is 0 Å². The fourth-order valence-electron chi connectivity index (χ4n) is 3.68. The number of carbonyl (C=O) groups is 1. The van der Waals surface area contributed by atoms with Gasteiger partial charge >= 0.3 is 0 Å². The quantitative estimate of drug-likeness (QED) is 0.780. The number of benzene rings is 1. The Bertz CT molecular complexity index is 847. The first kappa shape index (κ1) is 19.2. The molecule has 1 aromatic rings. The molecule has 3 rings (SSSR count). The summed E-state index contributed by atoms with van der Waals surface area (Å²) in [6.45, 7) is 9.54. The molecule has 0 aliphatic carbocycles. The summed E-state index contributed by atoms with van der Waals surface area (Å²) in [5.74, 6) is -0.0109. The summed E-state index contributed by atoms with van der Waals surface area (Å²) < 4.78 is 24.2. The summed E-state index contributed by atoms with van der Waals surface area (Å²) in [6.07, 6.45) is 0. The number of aryl methyl sites for hydroxylation is 1. The van der Waals surface area contributed by atoms with Gasteiger partial charge in [-0.05, 0) is 44.5 Å². The summed E-state index contributed by atoms with van der Waals surface area (Å²) in [6, 6.07) is 6.03. The number of hydrogen-bond acceptors (Lipinski definition) is 5. The van der Waals surface area contributed by atoms with E-state index in [4.69, 9.17) is 0 Å². The number of carbonyl (C=O) groups excluding carboxylic acids is 1. The molecule has 2 heterocycles. The van der Waals surface area contributed by atoms with Crippen molar-refractivity contribution in [3.63, 3.8) is 0 Å². The van der Waals surface area contributed by atoms with Gasteiger partial charge in [0.25, 0.3) is 0 Å². The van der Waals surface area contributed by atoms with Gasteiger partial charge in [0.2, 0.25) is 5.91 Å². The molecule has 2 atom stereocenters. The molecular formula is C18H25N3O3S2. The normalized spacial score (nSPS) is 25.5. The first-order valence-corrected chi connectivity index (χ1v) is 11.6. The van der Waals surface area contributed by atoms with Gasteiger partial charge in [-0.2, -0.15) is 4.99 Å². The minimum absolute atomic E-state index is 0.0695. The van der Waals surface area contributed by atoms with Gasteiger partial charge in [-0.1, -0.05) is 11.8 Å². The average molecular weight is 396 g/mol. The molecule has 0 aromatic heterocycles. The monoisotopic (exact) mass is 395 g/mol. The molecule has 0 bridgehead atoms. The highest BCUT2D eigenvalue weighted by molar-refractivity contribution is 8.16. The van der Waals surface area contributed by atoms with Crippen LogP contribution in [-0.2, 0) is 14.6 Å². The third kappa shape index (κ3) is 3.62. The van der Waals surface area contributed by atoms with E-state index in [9.17, 15) is 13.2 Å². The van der Waals surface area contributed by atoms with Crippen molar-refractivity contribution in [3.05, 3.63) is 23.8 Å². The van der Waals surface area contributed by atoms with Gasteiger partial charge in [-0.15, -0.1) is 0 Å². The summed E-state index contributed by atoms with van der Waals surface area (Å²) >= 11 is 1.41. The number of amidine groups is 1. The van der Waals surface area contributed by atoms with Crippen molar-refractivity contribution in [1.29, 1.82) is 0 Å². The zero-order valence-corrected chi connectivity index (χ0v) is 17.2. The highest BCUT2D eigenvalue weighted by Gasteiger charge is 2.49. The Morgan fingerprint density at radius 3 is 2.58 bits per heavy atom. The van der Waals surface area contributed by atoms with Crippen LogP contribution in [0, 0.1) is 6.92 Å². The highest BCUT2D eigenvalue weighted by atomic mass is 32.2. The molecule has 142 valence electrons. The number of amides is 1. The molecule has 1 amide bonds. The third-order valence-corrected chi connectivity index (χ3v) is 8.10. The molecule has 26 heavy (non-hydrogen) atoms. The molecule has 0 N–H and O–H groups in total. The number of nitrogens with zero attached hydrogens (tertiary/aromatic N) is 3. The van der Waals surface area contributed by atoms with Crippen molar-refractivity contribution in [2.75, 3.05) is 34.4 Å². The summed E-state index contributed by atoms with van der Waals surface area (Å²) in [4.78, 5) is 20.0. The Morgan fingerprint density at radius 2 is 2.00 bits per heavy atom. The maximum absolute atomic E-state index is 12.1. The molecule has 1 aromatic carbocycles. The van der Waals surface area contributed by atoms with Crippen LogP contribution in [0.3, 0.4) is 0 Å². The van der Waals surface area contributed by atoms with E-state index < -0.39 is 9.84 Å². The summed E-state index contributed by atoms with van der Waals surface area (Å²) in [5, 5.41) is 0.543. The van der Waals surface area contributed by atoms with Crippen LogP contribution in [-0.4, -0.2) is 55.4 Å². The summed E-state index contributed by atoms with van der Waals surface area (Å²) in [5.41, 5.74) is 3.12. The predicted octanol–water partition coefficient (Wildman–Crippen LogP) is 2.46. The van der Waals surface area contributed by atoms with Crippen LogP contribution in [0.15, 0.2) is 23.2 Å². The van der Waals surface area contributed by atoms with Crippen LogP contribution in [0.1, 0.15) is 26.3 Å². The van der Waals surface area contributed by atoms with E-state index in [1.807, 2.05) is 17.9 Å². The Kier molecular flexibility index (Phi) is 5.35. The number of aliphatic imine (C=N–C) groups is 1. The topological polar surface area (TPSA) is 70.0 Å². The lowest BCUT2D eigenvalue weighted by Crippen LogP contribution is -2.38. The highest BCUT2D eigenvalue weighted by Crippen LogP contribution is 2.42. The smallest absolute Gasteiger partial charge is 0.244 e. The second-order valence-electron chi connectivity index (χ2n) is 6.73. The zero-order valence-electron chi connectivity index (χ0n) is 15.6. The Morgan fingerprint density at radius 1 is 1.31 bits per heavy atom. The van der Waals surface area contributed by atoms with Crippen LogP contribution >= 0.6 is 11.8 Å². The fourth-order valence-corrected chi connectivity index (χ4v) is 7.63. The van der Waals surface area contributed by atoms with E-state index in [0.717, 1.165) is 30.0 Å². The Hall–Kier alpha value is -1.54. The molecule has 6 nitrogen and oxygen atoms in total. The molecule has 0 saturated carbocycles. The lowest BCUT2D eigenvalue weighted by molar-refractivity contribution is -0.115. The molecule has 2 fully saturated rings. The zero-order chi connectivity index (χ0) is 19.1. The van der Waals surface area contributed by atoms with Gasteiger partial charge in [0.15, 0.2) is 15.0 Å². The molecule has 2 aliphatic heterocycles. The predicted molar refractivity (Wildman–Crippen MR) is 109 cm³/mol. The number of anilines is 2. The second-order valence-corrected chi connectivity index (χ2v) is 10.1. The van der Waals surface area contributed by atoms with E-state index in [1.165, 1.54) is 18.7 Å². The molecule has 0 radical (unpaired) electrons. The van der Waals surface area contributed by atoms with Crippen molar-refractivity contribution >= 4 is 44.0 Å². The first-order valence-electron chi connectivity index (χ1n) is 8.87. The SMILES string of the molecule is CCN(CC)c1ccc(N2C(=NC(C)=O)S[C@H]3CS(=O)(=O)C[C@H]32)c(C)c1. The number of hydrogen-bond donors (Lipinski definition) is 0. The van der Waals surface area contributed by atoms with Crippen molar-refractivity contribution in [2.45, 2.75) is 39.0 Å². The fraction of sp³-hybridized carbons (Fsp3) is 0.556. The van der Waals surface area contributed by atoms with E-state index in [0.29, 0.717) is 5.17 Å². The van der Waals surface area contributed by atoms with E-state index >= 15 is 0 Å². The molecule has 0 spiro atoms. The summed E-state index contributed by atoms with van der Waals surface area (Å²) in [7, 11) is -3.05. The maximum Gasteiger partial charge on any atom is 0.244 e. The largest absolute Gasteiger partial charge is 0.372 e. The van der Waals surface area contributed by atoms with Crippen LogP contribution in [0.2, 0.25) is 0 Å². The number of thioether (sulfide) groups is 1.